The van der Waals surface area contributed by atoms with E-state index in [1.807, 2.05) is 32.2 Å². The first-order chi connectivity index (χ1) is 9.13. The molecule has 0 atom stereocenters. The van der Waals surface area contributed by atoms with Crippen molar-refractivity contribution in [2.75, 3.05) is 20.2 Å². The Labute approximate surface area is 114 Å². The van der Waals surface area contributed by atoms with E-state index in [0.717, 1.165) is 30.3 Å². The molecule has 0 saturated heterocycles. The van der Waals surface area contributed by atoms with Gasteiger partial charge >= 0.3 is 0 Å². The zero-order valence-corrected chi connectivity index (χ0v) is 11.7. The van der Waals surface area contributed by atoms with E-state index in [1.165, 1.54) is 5.56 Å². The van der Waals surface area contributed by atoms with Crippen molar-refractivity contribution in [1.29, 1.82) is 0 Å². The highest BCUT2D eigenvalue weighted by Crippen LogP contribution is 2.11. The molecule has 0 aliphatic carbocycles. The fourth-order valence-electron chi connectivity index (χ4n) is 1.79. The molecule has 0 bridgehead atoms. The van der Waals surface area contributed by atoms with Gasteiger partial charge in [0.2, 0.25) is 0 Å². The Kier molecular flexibility index (Phi) is 4.58. The summed E-state index contributed by atoms with van der Waals surface area (Å²) in [7, 11) is 2.04. The zero-order valence-electron chi connectivity index (χ0n) is 11.7. The van der Waals surface area contributed by atoms with Crippen LogP contribution in [0.15, 0.2) is 34.9 Å². The van der Waals surface area contributed by atoms with E-state index >= 15 is 0 Å². The summed E-state index contributed by atoms with van der Waals surface area (Å²) in [6.45, 7) is 6.24. The van der Waals surface area contributed by atoms with Gasteiger partial charge in [-0.15, -0.1) is 0 Å². The van der Waals surface area contributed by atoms with Crippen molar-refractivity contribution in [1.82, 2.24) is 10.1 Å². The van der Waals surface area contributed by atoms with Gasteiger partial charge in [-0.1, -0.05) is 22.9 Å². The molecule has 0 spiro atoms. The zero-order chi connectivity index (χ0) is 13.7. The van der Waals surface area contributed by atoms with Gasteiger partial charge in [-0.3, -0.25) is 4.90 Å². The van der Waals surface area contributed by atoms with Crippen molar-refractivity contribution in [2.45, 2.75) is 20.4 Å². The number of aromatic nitrogens is 1. The molecule has 2 aromatic rings. The summed E-state index contributed by atoms with van der Waals surface area (Å²) in [5.74, 6) is 1.80. The van der Waals surface area contributed by atoms with Gasteiger partial charge in [0.1, 0.15) is 12.4 Å². The Morgan fingerprint density at radius 3 is 2.58 bits per heavy atom. The third kappa shape index (κ3) is 4.41. The Hall–Kier alpha value is -1.81. The second kappa shape index (κ2) is 6.38. The molecule has 0 fully saturated rings. The predicted octanol–water partition coefficient (Wildman–Crippen LogP) is 2.80. The number of likely N-dealkylation sites (N-methyl/N-ethyl adjacent to an activating group) is 1. The summed E-state index contributed by atoms with van der Waals surface area (Å²) in [6.07, 6.45) is 0. The van der Waals surface area contributed by atoms with E-state index in [-0.39, 0.29) is 0 Å². The van der Waals surface area contributed by atoms with Crippen LogP contribution in [0.2, 0.25) is 0 Å². The number of rotatable bonds is 6. The van der Waals surface area contributed by atoms with E-state index in [0.29, 0.717) is 6.61 Å². The van der Waals surface area contributed by atoms with Crippen LogP contribution in [0.5, 0.6) is 5.75 Å². The number of benzene rings is 1. The van der Waals surface area contributed by atoms with Crippen LogP contribution in [0, 0.1) is 13.8 Å². The standard InChI is InChI=1S/C15H20N2O2/c1-12-4-6-14(7-5-12)18-9-8-17(3)11-15-10-13(2)16-19-15/h4-7,10H,8-9,11H2,1-3H3. The highest BCUT2D eigenvalue weighted by molar-refractivity contribution is 5.26. The summed E-state index contributed by atoms with van der Waals surface area (Å²) in [5, 5.41) is 3.87. The third-order valence-electron chi connectivity index (χ3n) is 2.87. The fourth-order valence-corrected chi connectivity index (χ4v) is 1.79. The number of hydrogen-bond donors (Lipinski definition) is 0. The molecule has 4 heteroatoms. The van der Waals surface area contributed by atoms with E-state index < -0.39 is 0 Å². The van der Waals surface area contributed by atoms with Crippen LogP contribution in [0.3, 0.4) is 0 Å². The van der Waals surface area contributed by atoms with Gasteiger partial charge in [-0.05, 0) is 33.0 Å². The number of ether oxygens (including phenoxy) is 1. The summed E-state index contributed by atoms with van der Waals surface area (Å²) < 4.78 is 10.9. The van der Waals surface area contributed by atoms with Gasteiger partial charge in [-0.2, -0.15) is 0 Å². The van der Waals surface area contributed by atoms with Gasteiger partial charge in [0.25, 0.3) is 0 Å². The van der Waals surface area contributed by atoms with Crippen LogP contribution in [-0.2, 0) is 6.54 Å². The fraction of sp³-hybridized carbons (Fsp3) is 0.400. The summed E-state index contributed by atoms with van der Waals surface area (Å²) in [5.41, 5.74) is 2.16. The topological polar surface area (TPSA) is 38.5 Å². The molecule has 1 aromatic heterocycles. The van der Waals surface area contributed by atoms with Crippen molar-refractivity contribution in [3.05, 3.63) is 47.3 Å². The van der Waals surface area contributed by atoms with Crippen molar-refractivity contribution < 1.29 is 9.26 Å². The second-order valence-electron chi connectivity index (χ2n) is 4.83. The molecule has 0 aliphatic heterocycles. The van der Waals surface area contributed by atoms with Gasteiger partial charge < -0.3 is 9.26 Å². The molecule has 102 valence electrons. The molecule has 1 heterocycles. The molecule has 0 radical (unpaired) electrons. The molecule has 4 nitrogen and oxygen atoms in total. The Bertz CT molecular complexity index is 505. The molecule has 0 saturated carbocycles. The maximum absolute atomic E-state index is 5.69. The van der Waals surface area contributed by atoms with Gasteiger partial charge in [0, 0.05) is 12.6 Å². The summed E-state index contributed by atoms with van der Waals surface area (Å²) >= 11 is 0. The molecule has 0 aliphatic rings. The lowest BCUT2D eigenvalue weighted by Crippen LogP contribution is -2.23. The number of hydrogen-bond acceptors (Lipinski definition) is 4. The second-order valence-corrected chi connectivity index (χ2v) is 4.83. The van der Waals surface area contributed by atoms with Crippen LogP contribution in [0.25, 0.3) is 0 Å². The van der Waals surface area contributed by atoms with E-state index in [4.69, 9.17) is 9.26 Å². The van der Waals surface area contributed by atoms with Crippen LogP contribution in [0.1, 0.15) is 17.0 Å². The molecular weight excluding hydrogens is 240 g/mol. The molecule has 2 rings (SSSR count). The molecule has 0 amide bonds. The molecule has 0 unspecified atom stereocenters. The molecular formula is C15H20N2O2. The number of nitrogens with zero attached hydrogens (tertiary/aromatic N) is 2. The van der Waals surface area contributed by atoms with E-state index in [9.17, 15) is 0 Å². The van der Waals surface area contributed by atoms with Crippen LogP contribution in [0.4, 0.5) is 0 Å². The first-order valence-electron chi connectivity index (χ1n) is 6.44. The average Bonchev–Trinajstić information content (AvgIpc) is 2.77. The lowest BCUT2D eigenvalue weighted by molar-refractivity contribution is 0.215. The minimum Gasteiger partial charge on any atom is -0.492 e. The lowest BCUT2D eigenvalue weighted by Gasteiger charge is -2.15. The lowest BCUT2D eigenvalue weighted by atomic mass is 10.2. The van der Waals surface area contributed by atoms with Crippen molar-refractivity contribution in [2.24, 2.45) is 0 Å². The Morgan fingerprint density at radius 2 is 1.95 bits per heavy atom. The van der Waals surface area contributed by atoms with Crippen LogP contribution >= 0.6 is 0 Å². The highest BCUT2D eigenvalue weighted by Gasteiger charge is 2.05. The Morgan fingerprint density at radius 1 is 1.21 bits per heavy atom. The first kappa shape index (κ1) is 13.6. The Balaban J connectivity index is 1.71. The number of aryl methyl sites for hydroxylation is 2. The normalized spacial score (nSPS) is 10.9. The first-order valence-corrected chi connectivity index (χ1v) is 6.44. The van der Waals surface area contributed by atoms with Crippen molar-refractivity contribution in [3.63, 3.8) is 0 Å². The predicted molar refractivity (Wildman–Crippen MR) is 74.2 cm³/mol. The van der Waals surface area contributed by atoms with Gasteiger partial charge in [-0.25, -0.2) is 0 Å². The summed E-state index contributed by atoms with van der Waals surface area (Å²) in [6, 6.07) is 10.0. The van der Waals surface area contributed by atoms with E-state index in [2.05, 4.69) is 29.1 Å². The smallest absolute Gasteiger partial charge is 0.150 e. The average molecular weight is 260 g/mol. The largest absolute Gasteiger partial charge is 0.492 e. The molecule has 1 aromatic carbocycles. The van der Waals surface area contributed by atoms with Crippen molar-refractivity contribution >= 4 is 0 Å². The van der Waals surface area contributed by atoms with E-state index in [1.54, 1.807) is 0 Å². The van der Waals surface area contributed by atoms with Gasteiger partial charge in [0.05, 0.1) is 12.2 Å². The molecule has 19 heavy (non-hydrogen) atoms. The molecule has 0 N–H and O–H groups in total. The maximum atomic E-state index is 5.69. The quantitative estimate of drug-likeness (QED) is 0.800. The van der Waals surface area contributed by atoms with Crippen LogP contribution < -0.4 is 4.74 Å². The monoisotopic (exact) mass is 260 g/mol. The maximum Gasteiger partial charge on any atom is 0.150 e. The highest BCUT2D eigenvalue weighted by atomic mass is 16.5. The van der Waals surface area contributed by atoms with Crippen molar-refractivity contribution in [3.8, 4) is 5.75 Å². The summed E-state index contributed by atoms with van der Waals surface area (Å²) in [4.78, 5) is 2.15. The minimum atomic E-state index is 0.659. The van der Waals surface area contributed by atoms with Gasteiger partial charge in [0.15, 0.2) is 5.76 Å². The SMILES string of the molecule is Cc1ccc(OCCN(C)Cc2cc(C)no2)cc1. The van der Waals surface area contributed by atoms with Crippen LogP contribution in [-0.4, -0.2) is 30.3 Å². The third-order valence-corrected chi connectivity index (χ3v) is 2.87. The minimum absolute atomic E-state index is 0.659.